The zero-order valence-electron chi connectivity index (χ0n) is 26.8. The number of carbonyl (C=O) groups excluding carboxylic acids is 2. The minimum atomic E-state index is -1.57. The molecule has 0 spiro atoms. The number of halogens is 1. The maximum Gasteiger partial charge on any atom is 0.322 e. The maximum absolute atomic E-state index is 15.5. The van der Waals surface area contributed by atoms with Crippen LogP contribution in [0.4, 0.5) is 26.2 Å². The number of nitrogens with zero attached hydrogens (tertiary/aromatic N) is 2. The molecule has 0 aromatic heterocycles. The number of nitrogen functional groups attached to an aromatic ring is 1. The summed E-state index contributed by atoms with van der Waals surface area (Å²) in [5.74, 6) is -0.846. The third kappa shape index (κ3) is 7.99. The highest BCUT2D eigenvalue weighted by molar-refractivity contribution is 7.84. The number of hydrogen-bond acceptors (Lipinski definition) is 6. The molecule has 10 nitrogen and oxygen atoms in total. The molecule has 1 aliphatic carbocycles. The van der Waals surface area contributed by atoms with Crippen LogP contribution in [0.25, 0.3) is 0 Å². The molecule has 0 bridgehead atoms. The van der Waals surface area contributed by atoms with E-state index in [2.05, 4.69) is 21.4 Å². The fraction of sp³-hybridized carbons (Fsp3) is 0.400. The number of nitriles is 1. The van der Waals surface area contributed by atoms with E-state index in [-0.39, 0.29) is 18.7 Å². The Bertz CT molecular complexity index is 1700. The Balaban J connectivity index is 1.49. The number of aliphatic hydroxyl groups excluding tert-OH is 1. The summed E-state index contributed by atoms with van der Waals surface area (Å²) in [5, 5.41) is 25.5. The number of aliphatic hydroxyl groups is 1. The molecule has 3 aromatic rings. The van der Waals surface area contributed by atoms with Crippen molar-refractivity contribution in [2.45, 2.75) is 75.3 Å². The highest BCUT2D eigenvalue weighted by Gasteiger charge is 2.42. The summed E-state index contributed by atoms with van der Waals surface area (Å²) in [5.41, 5.74) is 7.19. The van der Waals surface area contributed by atoms with E-state index in [4.69, 9.17) is 5.73 Å². The quantitative estimate of drug-likeness (QED) is 0.184. The molecular weight excluding hydrogens is 619 g/mol. The Hall–Kier alpha value is -4.31. The van der Waals surface area contributed by atoms with Gasteiger partial charge in [-0.2, -0.15) is 5.26 Å². The molecule has 3 aromatic carbocycles. The van der Waals surface area contributed by atoms with Crippen molar-refractivity contribution in [3.63, 3.8) is 0 Å². The van der Waals surface area contributed by atoms with Crippen LogP contribution in [-0.2, 0) is 21.3 Å². The van der Waals surface area contributed by atoms with Crippen molar-refractivity contribution in [3.8, 4) is 6.07 Å². The molecule has 4 atom stereocenters. The topological polar surface area (TPSA) is 161 Å². The minimum Gasteiger partial charge on any atom is -0.399 e. The second kappa shape index (κ2) is 13.8. The molecule has 0 radical (unpaired) electrons. The zero-order valence-corrected chi connectivity index (χ0v) is 27.6. The highest BCUT2D eigenvalue weighted by Crippen LogP contribution is 2.43. The number of benzene rings is 3. The number of carbonyl (C=O) groups is 2. The number of hydrogen-bond donors (Lipinski definition) is 5. The van der Waals surface area contributed by atoms with E-state index in [1.54, 1.807) is 48.5 Å². The average molecular weight is 661 g/mol. The van der Waals surface area contributed by atoms with Gasteiger partial charge >= 0.3 is 6.03 Å². The summed E-state index contributed by atoms with van der Waals surface area (Å²) in [6.45, 7) is 5.49. The van der Waals surface area contributed by atoms with Crippen LogP contribution in [-0.4, -0.2) is 49.6 Å². The van der Waals surface area contributed by atoms with Gasteiger partial charge in [0.15, 0.2) is 0 Å². The monoisotopic (exact) mass is 660 g/mol. The number of urea groups is 1. The van der Waals surface area contributed by atoms with Crippen molar-refractivity contribution in [3.05, 3.63) is 89.2 Å². The van der Waals surface area contributed by atoms with Crippen LogP contribution in [0.15, 0.2) is 66.7 Å². The van der Waals surface area contributed by atoms with E-state index in [1.165, 1.54) is 17.0 Å². The summed E-state index contributed by atoms with van der Waals surface area (Å²) >= 11 is 0. The van der Waals surface area contributed by atoms with Crippen molar-refractivity contribution in [1.82, 2.24) is 9.62 Å². The lowest BCUT2D eigenvalue weighted by atomic mass is 9.79. The Labute approximate surface area is 277 Å². The van der Waals surface area contributed by atoms with Gasteiger partial charge in [0.1, 0.15) is 11.9 Å². The second-order valence-corrected chi connectivity index (χ2v) is 15.3. The zero-order chi connectivity index (χ0) is 33.9. The smallest absolute Gasteiger partial charge is 0.322 e. The van der Waals surface area contributed by atoms with Crippen molar-refractivity contribution in [1.29, 1.82) is 5.26 Å². The summed E-state index contributed by atoms with van der Waals surface area (Å²) in [7, 11) is -1.57. The van der Waals surface area contributed by atoms with Crippen LogP contribution in [0.5, 0.6) is 0 Å². The van der Waals surface area contributed by atoms with E-state index in [1.807, 2.05) is 26.8 Å². The Morgan fingerprint density at radius 1 is 1.06 bits per heavy atom. The van der Waals surface area contributed by atoms with Crippen LogP contribution in [0.1, 0.15) is 69.6 Å². The fourth-order valence-electron chi connectivity index (χ4n) is 5.77. The molecule has 1 aliphatic heterocycles. The molecule has 2 aliphatic rings. The molecule has 3 unspecified atom stereocenters. The summed E-state index contributed by atoms with van der Waals surface area (Å²) in [6.07, 6.45) is 2.54. The van der Waals surface area contributed by atoms with Crippen LogP contribution in [0.2, 0.25) is 0 Å². The lowest BCUT2D eigenvalue weighted by molar-refractivity contribution is -0.119. The van der Waals surface area contributed by atoms with Crippen molar-refractivity contribution in [2.75, 3.05) is 22.9 Å². The van der Waals surface area contributed by atoms with Gasteiger partial charge in [-0.1, -0.05) is 31.0 Å². The Morgan fingerprint density at radius 3 is 2.43 bits per heavy atom. The molecule has 12 heteroatoms. The van der Waals surface area contributed by atoms with Gasteiger partial charge in [-0.25, -0.2) is 18.1 Å². The molecule has 1 heterocycles. The lowest BCUT2D eigenvalue weighted by Gasteiger charge is -2.38. The number of likely N-dealkylation sites (tertiary alicyclic amines) is 1. The SMILES string of the molecule is CC(C)(C)[S@@](=O)NC(CCC1CC1)(c1cccc(C#N)c1)c1ccc(F)c(NC(=O)C2CC(O)CN2C(=O)Nc2ccc(N)cc2)c1. The lowest BCUT2D eigenvalue weighted by Crippen LogP contribution is -2.49. The molecule has 248 valence electrons. The number of rotatable bonds is 10. The predicted octanol–water partition coefficient (Wildman–Crippen LogP) is 5.37. The molecule has 1 saturated heterocycles. The Kier molecular flexibility index (Phi) is 10.0. The standard InChI is InChI=1S/C35H41FN6O4S/c1-34(2,3)47(46)41-35(16-15-22-7-8-22,24-6-4-5-23(17-24)20-37)25-9-14-29(36)30(18-25)40-32(44)31-19-28(43)21-42(31)33(45)39-27-12-10-26(38)11-13-27/h4-6,9-14,17-18,22,28,31,41,43H,7-8,15-16,19,21,38H2,1-3H3,(H,39,45)(H,40,44)/t28?,31?,35?,47-/m1/s1. The number of nitrogens with one attached hydrogen (secondary N) is 3. The van der Waals surface area contributed by atoms with Crippen LogP contribution in [0, 0.1) is 23.1 Å². The van der Waals surface area contributed by atoms with E-state index < -0.39 is 51.2 Å². The third-order valence-corrected chi connectivity index (χ3v) is 10.3. The van der Waals surface area contributed by atoms with Crippen LogP contribution >= 0.6 is 0 Å². The predicted molar refractivity (Wildman–Crippen MR) is 181 cm³/mol. The molecule has 5 rings (SSSR count). The van der Waals surface area contributed by atoms with Gasteiger partial charge in [-0.15, -0.1) is 0 Å². The van der Waals surface area contributed by atoms with E-state index in [0.29, 0.717) is 40.4 Å². The molecule has 1 saturated carbocycles. The molecule has 2 fully saturated rings. The second-order valence-electron chi connectivity index (χ2n) is 13.4. The third-order valence-electron chi connectivity index (χ3n) is 8.65. The average Bonchev–Trinajstić information content (AvgIpc) is 3.79. The first-order valence-corrected chi connectivity index (χ1v) is 16.9. The van der Waals surface area contributed by atoms with Crippen molar-refractivity contribution < 1.29 is 23.3 Å². The molecule has 47 heavy (non-hydrogen) atoms. The van der Waals surface area contributed by atoms with Gasteiger partial charge in [0.25, 0.3) is 0 Å². The normalized spacial score (nSPS) is 19.8. The first kappa shape index (κ1) is 34.0. The van der Waals surface area contributed by atoms with Gasteiger partial charge in [0, 0.05) is 24.3 Å². The van der Waals surface area contributed by atoms with Gasteiger partial charge in [-0.3, -0.25) is 4.79 Å². The molecule has 6 N–H and O–H groups in total. The van der Waals surface area contributed by atoms with Crippen LogP contribution < -0.4 is 21.1 Å². The van der Waals surface area contributed by atoms with Gasteiger partial charge in [0.2, 0.25) is 5.91 Å². The summed E-state index contributed by atoms with van der Waals surface area (Å²) < 4.78 is 31.9. The summed E-state index contributed by atoms with van der Waals surface area (Å²) in [6, 6.07) is 18.5. The van der Waals surface area contributed by atoms with Crippen molar-refractivity contribution >= 4 is 40.0 Å². The number of amides is 3. The largest absolute Gasteiger partial charge is 0.399 e. The highest BCUT2D eigenvalue weighted by atomic mass is 32.2. The van der Waals surface area contributed by atoms with Crippen molar-refractivity contribution in [2.24, 2.45) is 5.92 Å². The fourth-order valence-corrected chi connectivity index (χ4v) is 6.73. The number of β-amino-alcohol motifs (C(OH)–C–C–N with tert-alkyl or cyclic N) is 1. The van der Waals surface area contributed by atoms with E-state index in [9.17, 15) is 24.2 Å². The first-order chi connectivity index (χ1) is 22.3. The molecular formula is C35H41FN6O4S. The van der Waals surface area contributed by atoms with Crippen LogP contribution in [0.3, 0.4) is 0 Å². The number of nitrogens with two attached hydrogens (primary N) is 1. The van der Waals surface area contributed by atoms with Gasteiger partial charge in [0.05, 0.1) is 44.7 Å². The minimum absolute atomic E-state index is 0.0271. The van der Waals surface area contributed by atoms with Gasteiger partial charge < -0.3 is 26.4 Å². The van der Waals surface area contributed by atoms with E-state index >= 15 is 4.39 Å². The summed E-state index contributed by atoms with van der Waals surface area (Å²) in [4.78, 5) is 28.0. The van der Waals surface area contributed by atoms with Gasteiger partial charge in [-0.05, 0) is 99.2 Å². The number of anilines is 3. The maximum atomic E-state index is 15.5. The Morgan fingerprint density at radius 2 is 1.77 bits per heavy atom. The first-order valence-electron chi connectivity index (χ1n) is 15.7. The van der Waals surface area contributed by atoms with E-state index in [0.717, 1.165) is 19.3 Å². The molecule has 3 amide bonds.